The lowest BCUT2D eigenvalue weighted by Gasteiger charge is -2.37. The van der Waals surface area contributed by atoms with E-state index < -0.39 is 8.32 Å². The van der Waals surface area contributed by atoms with Gasteiger partial charge in [0.15, 0.2) is 8.32 Å². The molecule has 0 fully saturated rings. The monoisotopic (exact) mass is 333 g/mol. The van der Waals surface area contributed by atoms with Crippen LogP contribution in [0.1, 0.15) is 39.2 Å². The molecule has 0 saturated carbocycles. The van der Waals surface area contributed by atoms with Crippen molar-refractivity contribution in [1.82, 2.24) is 0 Å². The van der Waals surface area contributed by atoms with Crippen LogP contribution in [0.5, 0.6) is 0 Å². The SMILES string of the molecule is CC(C)(C)[Si](C)(C)OC[C@H](CCC#N)COCc1ccccc1. The molecule has 0 aliphatic carbocycles. The predicted octanol–water partition coefficient (Wildman–Crippen LogP) is 5.14. The minimum Gasteiger partial charge on any atom is -0.416 e. The molecular weight excluding hydrogens is 302 g/mol. The van der Waals surface area contributed by atoms with Gasteiger partial charge in [0.2, 0.25) is 0 Å². The summed E-state index contributed by atoms with van der Waals surface area (Å²) in [6, 6.07) is 12.4. The molecule has 1 aromatic rings. The summed E-state index contributed by atoms with van der Waals surface area (Å²) in [5.74, 6) is 0.285. The molecule has 0 N–H and O–H groups in total. The van der Waals surface area contributed by atoms with Crippen LogP contribution in [0.4, 0.5) is 0 Å². The van der Waals surface area contributed by atoms with Crippen LogP contribution < -0.4 is 0 Å². The minimum atomic E-state index is -1.75. The number of ether oxygens (including phenoxy) is 1. The fourth-order valence-corrected chi connectivity index (χ4v) is 3.03. The van der Waals surface area contributed by atoms with E-state index >= 15 is 0 Å². The molecule has 0 bridgehead atoms. The van der Waals surface area contributed by atoms with Gasteiger partial charge in [-0.3, -0.25) is 0 Å². The molecule has 0 aliphatic rings. The maximum absolute atomic E-state index is 8.85. The summed E-state index contributed by atoms with van der Waals surface area (Å²) in [5, 5.41) is 9.06. The molecule has 128 valence electrons. The fourth-order valence-electron chi connectivity index (χ4n) is 1.94. The van der Waals surface area contributed by atoms with Crippen molar-refractivity contribution in [1.29, 1.82) is 5.26 Å². The molecule has 0 amide bonds. The summed E-state index contributed by atoms with van der Waals surface area (Å²) in [7, 11) is -1.75. The third-order valence-electron chi connectivity index (χ3n) is 4.62. The van der Waals surface area contributed by atoms with E-state index in [0.717, 1.165) is 6.42 Å². The van der Waals surface area contributed by atoms with Crippen molar-refractivity contribution in [3.63, 3.8) is 0 Å². The smallest absolute Gasteiger partial charge is 0.191 e. The average Bonchev–Trinajstić information content (AvgIpc) is 2.49. The summed E-state index contributed by atoms with van der Waals surface area (Å²) in [6.07, 6.45) is 1.39. The Morgan fingerprint density at radius 3 is 2.35 bits per heavy atom. The highest BCUT2D eigenvalue weighted by atomic mass is 28.4. The molecule has 23 heavy (non-hydrogen) atoms. The molecule has 1 atom stereocenters. The molecule has 0 heterocycles. The topological polar surface area (TPSA) is 42.2 Å². The first kappa shape index (κ1) is 19.9. The molecular formula is C19H31NO2Si. The minimum absolute atomic E-state index is 0.206. The van der Waals surface area contributed by atoms with Gasteiger partial charge in [-0.05, 0) is 30.1 Å². The molecule has 0 saturated heterocycles. The first-order valence-corrected chi connectivity index (χ1v) is 11.3. The van der Waals surface area contributed by atoms with Gasteiger partial charge in [0.25, 0.3) is 0 Å². The second-order valence-electron chi connectivity index (χ2n) is 7.63. The normalized spacial score (nSPS) is 13.6. The van der Waals surface area contributed by atoms with Crippen molar-refractivity contribution in [3.8, 4) is 6.07 Å². The van der Waals surface area contributed by atoms with E-state index in [2.05, 4.69) is 52.1 Å². The Morgan fingerprint density at radius 1 is 1.13 bits per heavy atom. The summed E-state index contributed by atoms with van der Waals surface area (Å²) in [5.41, 5.74) is 1.18. The van der Waals surface area contributed by atoms with Crippen molar-refractivity contribution in [2.24, 2.45) is 5.92 Å². The van der Waals surface area contributed by atoms with E-state index in [1.807, 2.05) is 18.2 Å². The molecule has 1 rings (SSSR count). The summed E-state index contributed by atoms with van der Waals surface area (Å²) in [4.78, 5) is 0. The highest BCUT2D eigenvalue weighted by Crippen LogP contribution is 2.36. The number of hydrogen-bond donors (Lipinski definition) is 0. The Hall–Kier alpha value is -1.15. The van der Waals surface area contributed by atoms with Crippen LogP contribution in [0.25, 0.3) is 0 Å². The van der Waals surface area contributed by atoms with Gasteiger partial charge in [-0.25, -0.2) is 0 Å². The first-order chi connectivity index (χ1) is 10.8. The summed E-state index contributed by atoms with van der Waals surface area (Å²) < 4.78 is 12.2. The first-order valence-electron chi connectivity index (χ1n) is 8.39. The van der Waals surface area contributed by atoms with Crippen LogP contribution in [0, 0.1) is 17.2 Å². The van der Waals surface area contributed by atoms with Gasteiger partial charge in [0.1, 0.15) is 0 Å². The van der Waals surface area contributed by atoms with Crippen LogP contribution in [0.3, 0.4) is 0 Å². The number of nitriles is 1. The Morgan fingerprint density at radius 2 is 1.78 bits per heavy atom. The largest absolute Gasteiger partial charge is 0.416 e. The molecule has 3 nitrogen and oxygen atoms in total. The van der Waals surface area contributed by atoms with Crippen molar-refractivity contribution < 1.29 is 9.16 Å². The van der Waals surface area contributed by atoms with Crippen molar-refractivity contribution in [3.05, 3.63) is 35.9 Å². The number of rotatable bonds is 9. The zero-order chi connectivity index (χ0) is 17.3. The fraction of sp³-hybridized carbons (Fsp3) is 0.632. The van der Waals surface area contributed by atoms with Crippen molar-refractivity contribution >= 4 is 8.32 Å². The van der Waals surface area contributed by atoms with E-state index in [4.69, 9.17) is 14.4 Å². The van der Waals surface area contributed by atoms with Crippen LogP contribution in [0.2, 0.25) is 18.1 Å². The maximum atomic E-state index is 8.85. The third kappa shape index (κ3) is 7.30. The van der Waals surface area contributed by atoms with Gasteiger partial charge >= 0.3 is 0 Å². The number of benzene rings is 1. The highest BCUT2D eigenvalue weighted by molar-refractivity contribution is 6.74. The lowest BCUT2D eigenvalue weighted by molar-refractivity contribution is 0.0623. The second kappa shape index (κ2) is 9.22. The lowest BCUT2D eigenvalue weighted by Crippen LogP contribution is -2.42. The number of hydrogen-bond acceptors (Lipinski definition) is 3. The van der Waals surface area contributed by atoms with Gasteiger partial charge in [-0.15, -0.1) is 0 Å². The quantitative estimate of drug-likeness (QED) is 0.587. The van der Waals surface area contributed by atoms with E-state index in [-0.39, 0.29) is 11.0 Å². The Labute approximate surface area is 142 Å². The predicted molar refractivity (Wildman–Crippen MR) is 97.6 cm³/mol. The van der Waals surface area contributed by atoms with E-state index in [0.29, 0.717) is 26.2 Å². The third-order valence-corrected chi connectivity index (χ3v) is 9.12. The van der Waals surface area contributed by atoms with E-state index in [1.165, 1.54) is 5.56 Å². The van der Waals surface area contributed by atoms with E-state index in [1.54, 1.807) is 0 Å². The van der Waals surface area contributed by atoms with Gasteiger partial charge in [-0.1, -0.05) is 51.1 Å². The Kier molecular flexibility index (Phi) is 7.97. The van der Waals surface area contributed by atoms with Crippen LogP contribution >= 0.6 is 0 Å². The maximum Gasteiger partial charge on any atom is 0.191 e. The zero-order valence-corrected chi connectivity index (χ0v) is 16.3. The van der Waals surface area contributed by atoms with Crippen LogP contribution in [-0.4, -0.2) is 21.5 Å². The number of nitrogens with zero attached hydrogens (tertiary/aromatic N) is 1. The Balaban J connectivity index is 2.47. The summed E-state index contributed by atoms with van der Waals surface area (Å²) >= 11 is 0. The van der Waals surface area contributed by atoms with Gasteiger partial charge in [-0.2, -0.15) is 5.26 Å². The molecule has 0 aliphatic heterocycles. The highest BCUT2D eigenvalue weighted by Gasteiger charge is 2.37. The molecule has 0 unspecified atom stereocenters. The van der Waals surface area contributed by atoms with E-state index in [9.17, 15) is 0 Å². The summed E-state index contributed by atoms with van der Waals surface area (Å²) in [6.45, 7) is 13.2. The van der Waals surface area contributed by atoms with Crippen molar-refractivity contribution in [2.45, 2.75) is 58.4 Å². The standard InChI is InChI=1S/C19H31NO2Si/c1-19(2,3)23(4,5)22-16-18(12-9-13-20)15-21-14-17-10-7-6-8-11-17/h6-8,10-11,18H,9,12,14-16H2,1-5H3/t18-/m1/s1. The molecule has 4 heteroatoms. The van der Waals surface area contributed by atoms with Crippen molar-refractivity contribution in [2.75, 3.05) is 13.2 Å². The molecule has 1 aromatic carbocycles. The van der Waals surface area contributed by atoms with Gasteiger partial charge < -0.3 is 9.16 Å². The molecule has 0 aromatic heterocycles. The Bertz CT molecular complexity index is 488. The zero-order valence-electron chi connectivity index (χ0n) is 15.3. The van der Waals surface area contributed by atoms with Crippen LogP contribution in [0.15, 0.2) is 30.3 Å². The second-order valence-corrected chi connectivity index (χ2v) is 12.4. The molecule has 0 spiro atoms. The van der Waals surface area contributed by atoms with Gasteiger partial charge in [0.05, 0.1) is 19.3 Å². The molecule has 0 radical (unpaired) electrons. The van der Waals surface area contributed by atoms with Crippen LogP contribution in [-0.2, 0) is 15.8 Å². The van der Waals surface area contributed by atoms with Gasteiger partial charge in [0, 0.05) is 18.9 Å². The average molecular weight is 334 g/mol. The lowest BCUT2D eigenvalue weighted by atomic mass is 10.1.